The van der Waals surface area contributed by atoms with Crippen LogP contribution in [0, 0.1) is 0 Å². The summed E-state index contributed by atoms with van der Waals surface area (Å²) >= 11 is 0. The maximum atomic E-state index is 13.3. The number of anilines is 4. The molecule has 4 aromatic heterocycles. The second kappa shape index (κ2) is 10.8. The Morgan fingerprint density at radius 2 is 1.92 bits per heavy atom. The average Bonchev–Trinajstić information content (AvgIpc) is 3.55. The lowest BCUT2D eigenvalue weighted by molar-refractivity contribution is 0.102. The number of amides is 1. The molecular formula is C25H27ClN8O4. The number of aliphatic hydroxyl groups is 1. The summed E-state index contributed by atoms with van der Waals surface area (Å²) in [5.41, 5.74) is 8.61. The van der Waals surface area contributed by atoms with Gasteiger partial charge in [0.15, 0.2) is 11.4 Å². The Hall–Kier alpha value is -4.00. The minimum Gasteiger partial charge on any atom is -0.422 e. The molecule has 0 aromatic carbocycles. The van der Waals surface area contributed by atoms with Crippen LogP contribution in [0.3, 0.4) is 0 Å². The summed E-state index contributed by atoms with van der Waals surface area (Å²) in [4.78, 5) is 35.2. The Labute approximate surface area is 224 Å². The predicted octanol–water partition coefficient (Wildman–Crippen LogP) is 2.34. The average molecular weight is 539 g/mol. The number of hydrogen-bond donors (Lipinski definition) is 3. The third kappa shape index (κ3) is 5.19. The normalized spacial score (nSPS) is 17.4. The fourth-order valence-electron chi connectivity index (χ4n) is 4.47. The lowest BCUT2D eigenvalue weighted by atomic mass is 10.1. The van der Waals surface area contributed by atoms with E-state index in [1.807, 2.05) is 9.80 Å². The number of β-amino-alcohol motifs (C(OH)–C–C–N with tert-alkyl or cyclic N) is 1. The molecule has 2 aliphatic heterocycles. The van der Waals surface area contributed by atoms with Crippen LogP contribution in [0.4, 0.5) is 23.3 Å². The summed E-state index contributed by atoms with van der Waals surface area (Å²) < 4.78 is 11.4. The number of carbonyl (C=O) groups excluding carboxylic acids is 1. The quantitative estimate of drug-likeness (QED) is 0.342. The fourth-order valence-corrected chi connectivity index (χ4v) is 4.47. The molecule has 2 saturated heterocycles. The number of oxazole rings is 1. The monoisotopic (exact) mass is 538 g/mol. The first-order valence-electron chi connectivity index (χ1n) is 12.1. The molecule has 2 aliphatic rings. The van der Waals surface area contributed by atoms with Gasteiger partial charge in [-0.1, -0.05) is 6.07 Å². The molecule has 2 fully saturated rings. The van der Waals surface area contributed by atoms with Gasteiger partial charge in [-0.05, 0) is 30.7 Å². The summed E-state index contributed by atoms with van der Waals surface area (Å²) in [6.07, 6.45) is 1.77. The molecule has 6 rings (SSSR count). The number of nitrogens with zero attached hydrogens (tertiary/aromatic N) is 6. The summed E-state index contributed by atoms with van der Waals surface area (Å²) in [7, 11) is 0. The van der Waals surface area contributed by atoms with Crippen LogP contribution in [-0.2, 0) is 4.74 Å². The van der Waals surface area contributed by atoms with E-state index in [1.54, 1.807) is 42.6 Å². The van der Waals surface area contributed by atoms with E-state index in [0.717, 1.165) is 5.56 Å². The molecule has 12 nitrogen and oxygen atoms in total. The number of ether oxygens (including phenoxy) is 1. The number of pyridine rings is 3. The van der Waals surface area contributed by atoms with Crippen molar-refractivity contribution in [2.75, 3.05) is 60.2 Å². The van der Waals surface area contributed by atoms with Gasteiger partial charge in [0.2, 0.25) is 5.65 Å². The first kappa shape index (κ1) is 25.6. The molecule has 0 saturated carbocycles. The predicted molar refractivity (Wildman–Crippen MR) is 145 cm³/mol. The largest absolute Gasteiger partial charge is 0.422 e. The minimum absolute atomic E-state index is 0. The van der Waals surface area contributed by atoms with Crippen LogP contribution < -0.4 is 20.9 Å². The Bertz CT molecular complexity index is 1440. The molecule has 198 valence electrons. The Balaban J connectivity index is 0.00000294. The van der Waals surface area contributed by atoms with E-state index in [2.05, 4.69) is 20.3 Å². The molecule has 1 atom stereocenters. The van der Waals surface area contributed by atoms with Gasteiger partial charge in [0, 0.05) is 44.0 Å². The highest BCUT2D eigenvalue weighted by Crippen LogP contribution is 2.33. The maximum Gasteiger partial charge on any atom is 0.300 e. The highest BCUT2D eigenvalue weighted by Gasteiger charge is 2.27. The third-order valence-corrected chi connectivity index (χ3v) is 6.41. The Kier molecular flexibility index (Phi) is 7.27. The van der Waals surface area contributed by atoms with Gasteiger partial charge in [-0.3, -0.25) is 4.79 Å². The number of carbonyl (C=O) groups is 1. The highest BCUT2D eigenvalue weighted by molar-refractivity contribution is 6.05. The zero-order valence-corrected chi connectivity index (χ0v) is 21.2. The van der Waals surface area contributed by atoms with Gasteiger partial charge in [-0.2, -0.15) is 4.98 Å². The Morgan fingerprint density at radius 1 is 1.08 bits per heavy atom. The first-order chi connectivity index (χ1) is 18.0. The van der Waals surface area contributed by atoms with Crippen molar-refractivity contribution in [3.63, 3.8) is 0 Å². The SMILES string of the molecule is Cl.Nc1ccc(-c2cccc(C(=O)Nc3cc4oc(N5CCOCC5)nc4nc3N3CC[C@@H](O)C3)n2)cn1. The second-order valence-electron chi connectivity index (χ2n) is 9.00. The van der Waals surface area contributed by atoms with Crippen LogP contribution >= 0.6 is 12.4 Å². The molecule has 6 heterocycles. The van der Waals surface area contributed by atoms with Gasteiger partial charge in [0.25, 0.3) is 11.9 Å². The van der Waals surface area contributed by atoms with Gasteiger partial charge >= 0.3 is 0 Å². The van der Waals surface area contributed by atoms with Crippen LogP contribution in [0.2, 0.25) is 0 Å². The number of rotatable bonds is 5. The van der Waals surface area contributed by atoms with Crippen molar-refractivity contribution in [2.45, 2.75) is 12.5 Å². The van der Waals surface area contributed by atoms with Crippen molar-refractivity contribution in [1.29, 1.82) is 0 Å². The van der Waals surface area contributed by atoms with Crippen molar-refractivity contribution in [3.8, 4) is 11.3 Å². The summed E-state index contributed by atoms with van der Waals surface area (Å²) in [6, 6.07) is 10.9. The molecule has 4 N–H and O–H groups in total. The maximum absolute atomic E-state index is 13.3. The molecule has 0 unspecified atom stereocenters. The van der Waals surface area contributed by atoms with Crippen LogP contribution in [0.25, 0.3) is 22.5 Å². The highest BCUT2D eigenvalue weighted by atomic mass is 35.5. The molecule has 38 heavy (non-hydrogen) atoms. The number of morpholine rings is 1. The van der Waals surface area contributed by atoms with Gasteiger partial charge in [-0.15, -0.1) is 12.4 Å². The van der Waals surface area contributed by atoms with Crippen molar-refractivity contribution in [1.82, 2.24) is 19.9 Å². The number of nitrogens with one attached hydrogen (secondary N) is 1. The lowest BCUT2D eigenvalue weighted by Crippen LogP contribution is -2.36. The van der Waals surface area contributed by atoms with Gasteiger partial charge < -0.3 is 35.1 Å². The molecule has 0 bridgehead atoms. The molecule has 4 aromatic rings. The molecule has 0 spiro atoms. The van der Waals surface area contributed by atoms with Crippen molar-refractivity contribution in [3.05, 3.63) is 48.3 Å². The van der Waals surface area contributed by atoms with E-state index in [0.29, 0.717) is 86.1 Å². The van der Waals surface area contributed by atoms with Crippen LogP contribution in [0.5, 0.6) is 0 Å². The van der Waals surface area contributed by atoms with Gasteiger partial charge in [0.1, 0.15) is 11.5 Å². The zero-order chi connectivity index (χ0) is 25.4. The molecular weight excluding hydrogens is 512 g/mol. The van der Waals surface area contributed by atoms with E-state index in [9.17, 15) is 9.90 Å². The fraction of sp³-hybridized carbons (Fsp3) is 0.320. The first-order valence-corrected chi connectivity index (χ1v) is 12.1. The number of fused-ring (bicyclic) bond motifs is 1. The van der Waals surface area contributed by atoms with E-state index in [4.69, 9.17) is 19.9 Å². The standard InChI is InChI=1S/C25H26N8O4.ClH/c26-21-5-4-15(13-27-21)17-2-1-3-18(28-17)24(35)29-19-12-20-22(30-23(19)33-7-6-16(34)14-33)31-25(37-20)32-8-10-36-11-9-32;/h1-5,12-13,16,34H,6-11,14H2,(H2,26,27)(H,29,35);1H/t16-;/m1./s1. The van der Waals surface area contributed by atoms with Gasteiger partial charge in [-0.25, -0.2) is 15.0 Å². The summed E-state index contributed by atoms with van der Waals surface area (Å²) in [6.45, 7) is 3.56. The van der Waals surface area contributed by atoms with Crippen molar-refractivity contribution < 1.29 is 19.1 Å². The second-order valence-corrected chi connectivity index (χ2v) is 9.00. The van der Waals surface area contributed by atoms with Crippen LogP contribution in [0.1, 0.15) is 16.9 Å². The molecule has 13 heteroatoms. The van der Waals surface area contributed by atoms with Crippen LogP contribution in [0.15, 0.2) is 47.0 Å². The summed E-state index contributed by atoms with van der Waals surface area (Å²) in [5.74, 6) is 0.530. The van der Waals surface area contributed by atoms with Crippen molar-refractivity contribution in [2.24, 2.45) is 0 Å². The van der Waals surface area contributed by atoms with E-state index < -0.39 is 12.0 Å². The zero-order valence-electron chi connectivity index (χ0n) is 20.4. The minimum atomic E-state index is -0.464. The number of aliphatic hydroxyl groups excluding tert-OH is 1. The summed E-state index contributed by atoms with van der Waals surface area (Å²) in [5, 5.41) is 13.1. The van der Waals surface area contributed by atoms with Crippen molar-refractivity contribution >= 4 is 52.9 Å². The molecule has 0 radical (unpaired) electrons. The number of nitrogens with two attached hydrogens (primary N) is 1. The third-order valence-electron chi connectivity index (χ3n) is 6.41. The van der Waals surface area contributed by atoms with E-state index in [-0.39, 0.29) is 18.1 Å². The number of aromatic nitrogens is 4. The molecule has 0 aliphatic carbocycles. The van der Waals surface area contributed by atoms with Crippen LogP contribution in [-0.4, -0.2) is 76.4 Å². The number of nitrogen functional groups attached to an aromatic ring is 1. The van der Waals surface area contributed by atoms with Gasteiger partial charge in [0.05, 0.1) is 30.7 Å². The topological polar surface area (TPSA) is 156 Å². The van der Waals surface area contributed by atoms with E-state index in [1.165, 1.54) is 0 Å². The van der Waals surface area contributed by atoms with E-state index >= 15 is 0 Å². The number of hydrogen-bond acceptors (Lipinski definition) is 11. The molecule has 1 amide bonds. The number of halogens is 1. The Morgan fingerprint density at radius 3 is 2.66 bits per heavy atom. The smallest absolute Gasteiger partial charge is 0.300 e. The lowest BCUT2D eigenvalue weighted by Gasteiger charge is -2.24.